The van der Waals surface area contributed by atoms with Crippen molar-refractivity contribution in [2.45, 2.75) is 51.2 Å². The summed E-state index contributed by atoms with van der Waals surface area (Å²) in [6.07, 6.45) is 3.86. The molecule has 5 nitrogen and oxygen atoms in total. The predicted octanol–water partition coefficient (Wildman–Crippen LogP) is 5.85. The first-order chi connectivity index (χ1) is 17.2. The van der Waals surface area contributed by atoms with Gasteiger partial charge in [0.25, 0.3) is 10.0 Å². The van der Waals surface area contributed by atoms with Gasteiger partial charge in [-0.25, -0.2) is 12.8 Å². The highest BCUT2D eigenvalue weighted by molar-refractivity contribution is 7.96. The third kappa shape index (κ3) is 4.42. The van der Waals surface area contributed by atoms with Crippen LogP contribution in [0.5, 0.6) is 5.75 Å². The number of phenols is 1. The molecule has 0 aliphatic carbocycles. The molecule has 188 valence electrons. The van der Waals surface area contributed by atoms with Crippen LogP contribution in [0, 0.1) is 5.82 Å². The van der Waals surface area contributed by atoms with Gasteiger partial charge in [0.2, 0.25) is 0 Å². The van der Waals surface area contributed by atoms with E-state index in [1.165, 1.54) is 27.4 Å². The Morgan fingerprint density at radius 3 is 2.61 bits per heavy atom. The Balaban J connectivity index is 1.39. The second-order valence-corrected chi connectivity index (χ2v) is 11.5. The minimum atomic E-state index is -3.67. The van der Waals surface area contributed by atoms with Crippen LogP contribution < -0.4 is 4.31 Å². The Labute approximate surface area is 212 Å². The molecule has 0 unspecified atom stereocenters. The smallest absolute Gasteiger partial charge is 0.258 e. The van der Waals surface area contributed by atoms with Crippen LogP contribution in [0.1, 0.15) is 37.8 Å². The maximum atomic E-state index is 14.0. The number of benzene rings is 3. The maximum absolute atomic E-state index is 14.0. The van der Waals surface area contributed by atoms with Crippen molar-refractivity contribution in [3.8, 4) is 16.9 Å². The summed E-state index contributed by atoms with van der Waals surface area (Å²) in [7, 11) is -3.67. The average molecular weight is 507 g/mol. The number of rotatable bonds is 5. The Morgan fingerprint density at radius 1 is 1.06 bits per heavy atom. The van der Waals surface area contributed by atoms with Crippen LogP contribution in [0.25, 0.3) is 11.1 Å². The van der Waals surface area contributed by atoms with Crippen molar-refractivity contribution in [1.29, 1.82) is 0 Å². The van der Waals surface area contributed by atoms with Crippen molar-refractivity contribution in [2.75, 3.05) is 10.8 Å². The number of halogens is 1. The molecule has 1 spiro atoms. The van der Waals surface area contributed by atoms with E-state index in [1.807, 2.05) is 24.3 Å². The first-order valence-corrected chi connectivity index (χ1v) is 13.9. The van der Waals surface area contributed by atoms with E-state index in [2.05, 4.69) is 30.9 Å². The van der Waals surface area contributed by atoms with Gasteiger partial charge in [0.1, 0.15) is 11.6 Å². The molecule has 1 N–H and O–H groups in total. The Kier molecular flexibility index (Phi) is 6.39. The lowest BCUT2D eigenvalue weighted by molar-refractivity contribution is 0.120. The Hall–Kier alpha value is -3.16. The maximum Gasteiger partial charge on any atom is 0.258 e. The topological polar surface area (TPSA) is 60.9 Å². The van der Waals surface area contributed by atoms with Crippen LogP contribution in [-0.4, -0.2) is 36.5 Å². The van der Waals surface area contributed by atoms with E-state index >= 15 is 0 Å². The minimum Gasteiger partial charge on any atom is -0.507 e. The lowest BCUT2D eigenvalue weighted by atomic mass is 9.83. The molecule has 0 bridgehead atoms. The number of aromatic hydroxyl groups is 1. The first kappa shape index (κ1) is 24.5. The van der Waals surface area contributed by atoms with E-state index in [0.717, 1.165) is 23.1 Å². The third-order valence-electron chi connectivity index (χ3n) is 7.49. The van der Waals surface area contributed by atoms with Crippen LogP contribution in [-0.2, 0) is 23.0 Å². The lowest BCUT2D eigenvalue weighted by Gasteiger charge is -2.47. The van der Waals surface area contributed by atoms with Crippen LogP contribution in [0.4, 0.5) is 10.1 Å². The van der Waals surface area contributed by atoms with E-state index in [1.54, 1.807) is 24.3 Å². The molecular weight excluding hydrogens is 475 g/mol. The third-order valence-corrected chi connectivity index (χ3v) is 9.05. The normalized spacial score (nSPS) is 23.4. The molecule has 3 aromatic carbocycles. The van der Waals surface area contributed by atoms with Crippen molar-refractivity contribution in [3.63, 3.8) is 0 Å². The quantitative estimate of drug-likeness (QED) is 0.472. The molecule has 7 heteroatoms. The van der Waals surface area contributed by atoms with Gasteiger partial charge >= 0.3 is 0 Å². The fourth-order valence-electron chi connectivity index (χ4n) is 5.70. The van der Waals surface area contributed by atoms with Crippen molar-refractivity contribution >= 4 is 15.7 Å². The number of phenolic OH excluding ortho intramolecular Hbond substituents is 1. The molecule has 0 amide bonds. The summed E-state index contributed by atoms with van der Waals surface area (Å²) < 4.78 is 41.3. The zero-order valence-corrected chi connectivity index (χ0v) is 21.4. The van der Waals surface area contributed by atoms with Crippen LogP contribution >= 0.6 is 0 Å². The largest absolute Gasteiger partial charge is 0.507 e. The van der Waals surface area contributed by atoms with Gasteiger partial charge in [-0.15, -0.1) is 0 Å². The van der Waals surface area contributed by atoms with Crippen LogP contribution in [0.3, 0.4) is 0 Å². The number of aryl methyl sites for hydroxylation is 1. The second-order valence-electron chi connectivity index (χ2n) is 9.83. The van der Waals surface area contributed by atoms with Crippen molar-refractivity contribution in [1.82, 2.24) is 4.90 Å². The van der Waals surface area contributed by atoms with Crippen molar-refractivity contribution < 1.29 is 17.9 Å². The summed E-state index contributed by atoms with van der Waals surface area (Å²) >= 11 is 0. The minimum absolute atomic E-state index is 0.0907. The van der Waals surface area contributed by atoms with Crippen molar-refractivity contribution in [3.05, 3.63) is 95.2 Å². The lowest BCUT2D eigenvalue weighted by Crippen LogP contribution is -2.56. The van der Waals surface area contributed by atoms with Crippen LogP contribution in [0.2, 0.25) is 0 Å². The number of hydrogen-bond donors (Lipinski definition) is 1. The highest BCUT2D eigenvalue weighted by Gasteiger charge is 2.49. The molecule has 2 aliphatic rings. The number of sulfonamides is 1. The fourth-order valence-corrected chi connectivity index (χ4v) is 7.38. The monoisotopic (exact) mass is 506 g/mol. The van der Waals surface area contributed by atoms with Crippen molar-refractivity contribution in [2.24, 2.45) is 0 Å². The van der Waals surface area contributed by atoms with Gasteiger partial charge in [-0.05, 0) is 79.3 Å². The number of piperidine rings is 1. The molecule has 0 saturated carbocycles. The SMILES string of the molecule is CCc1ccccc1-c1cc(CN2CC[C@]3(C=CS(=O)(=O)N3c3cccc(F)c3)C[C@@H]2C)ccc1O. The van der Waals surface area contributed by atoms with E-state index in [9.17, 15) is 17.9 Å². The van der Waals surface area contributed by atoms with E-state index in [0.29, 0.717) is 31.6 Å². The highest BCUT2D eigenvalue weighted by Crippen LogP contribution is 2.43. The molecule has 2 atom stereocenters. The second kappa shape index (κ2) is 9.37. The fraction of sp³-hybridized carbons (Fsp3) is 0.310. The van der Waals surface area contributed by atoms with Crippen LogP contribution in [0.15, 0.2) is 78.2 Å². The molecule has 0 radical (unpaired) electrons. The van der Waals surface area contributed by atoms with E-state index in [-0.39, 0.29) is 11.8 Å². The molecule has 5 rings (SSSR count). The van der Waals surface area contributed by atoms with Gasteiger partial charge in [-0.3, -0.25) is 9.21 Å². The molecular formula is C29H31FN2O3S. The highest BCUT2D eigenvalue weighted by atomic mass is 32.2. The molecule has 3 aromatic rings. The zero-order valence-electron chi connectivity index (χ0n) is 20.6. The molecule has 2 aliphatic heterocycles. The summed E-state index contributed by atoms with van der Waals surface area (Å²) in [6, 6.07) is 19.8. The Bertz CT molecular complexity index is 1420. The number of nitrogens with zero attached hydrogens (tertiary/aromatic N) is 2. The molecule has 0 aromatic heterocycles. The first-order valence-electron chi connectivity index (χ1n) is 12.4. The summed E-state index contributed by atoms with van der Waals surface area (Å²) in [5.41, 5.74) is 3.80. The molecule has 1 saturated heterocycles. The Morgan fingerprint density at radius 2 is 1.86 bits per heavy atom. The summed E-state index contributed by atoms with van der Waals surface area (Å²) in [4.78, 5) is 2.34. The predicted molar refractivity (Wildman–Crippen MR) is 142 cm³/mol. The standard InChI is InChI=1S/C29H31FN2O3S/c1-3-23-7-4-5-10-26(23)27-17-22(11-12-28(27)33)20-31-15-13-29(19-21(31)2)14-16-36(34,35)32(29)25-9-6-8-24(30)18-25/h4-12,14,16-18,21,33H,3,13,15,19-20H2,1-2H3/t21-,29-/m0/s1. The van der Waals surface area contributed by atoms with Gasteiger partial charge < -0.3 is 5.11 Å². The van der Waals surface area contributed by atoms with E-state index in [4.69, 9.17) is 0 Å². The van der Waals surface area contributed by atoms with Gasteiger partial charge in [0.05, 0.1) is 11.2 Å². The molecule has 1 fully saturated rings. The summed E-state index contributed by atoms with van der Waals surface area (Å²) in [6.45, 7) is 5.59. The van der Waals surface area contributed by atoms with E-state index < -0.39 is 21.4 Å². The van der Waals surface area contributed by atoms with Gasteiger partial charge in [0, 0.05) is 30.1 Å². The summed E-state index contributed by atoms with van der Waals surface area (Å²) in [5.74, 6) is -0.194. The number of likely N-dealkylation sites (tertiary alicyclic amines) is 1. The molecule has 36 heavy (non-hydrogen) atoms. The average Bonchev–Trinajstić information content (AvgIpc) is 3.11. The van der Waals surface area contributed by atoms with Gasteiger partial charge in [-0.2, -0.15) is 0 Å². The molecule has 2 heterocycles. The number of hydrogen-bond acceptors (Lipinski definition) is 4. The van der Waals surface area contributed by atoms with Gasteiger partial charge in [0.15, 0.2) is 0 Å². The summed E-state index contributed by atoms with van der Waals surface area (Å²) in [5, 5.41) is 11.9. The van der Waals surface area contributed by atoms with Gasteiger partial charge in [-0.1, -0.05) is 43.3 Å². The number of anilines is 1. The zero-order chi connectivity index (χ0) is 25.5.